The zero-order valence-corrected chi connectivity index (χ0v) is 15.3. The SMILES string of the molecule is CCNC(=NCC1CCCS1)NCCCN1CCCCC1C. The molecule has 2 heterocycles. The topological polar surface area (TPSA) is 39.7 Å². The lowest BCUT2D eigenvalue weighted by molar-refractivity contribution is 0.159. The van der Waals surface area contributed by atoms with E-state index in [1.807, 2.05) is 0 Å². The lowest BCUT2D eigenvalue weighted by Gasteiger charge is -2.33. The van der Waals surface area contributed by atoms with Gasteiger partial charge in [-0.05, 0) is 58.2 Å². The van der Waals surface area contributed by atoms with Crippen molar-refractivity contribution in [1.82, 2.24) is 15.5 Å². The molecule has 0 aromatic heterocycles. The third kappa shape index (κ3) is 6.37. The molecular formula is C17H34N4S. The van der Waals surface area contributed by atoms with Crippen molar-refractivity contribution in [3.63, 3.8) is 0 Å². The van der Waals surface area contributed by atoms with Crippen LogP contribution in [0.5, 0.6) is 0 Å². The van der Waals surface area contributed by atoms with E-state index in [9.17, 15) is 0 Å². The molecule has 2 aliphatic heterocycles. The summed E-state index contributed by atoms with van der Waals surface area (Å²) in [5.74, 6) is 2.32. The quantitative estimate of drug-likeness (QED) is 0.429. The normalized spacial score (nSPS) is 27.1. The Hall–Kier alpha value is -0.420. The number of aliphatic imine (C=N–C) groups is 1. The van der Waals surface area contributed by atoms with Crippen LogP contribution in [0.15, 0.2) is 4.99 Å². The first kappa shape index (κ1) is 17.9. The molecule has 2 rings (SSSR count). The van der Waals surface area contributed by atoms with Crippen LogP contribution in [0.2, 0.25) is 0 Å². The van der Waals surface area contributed by atoms with Gasteiger partial charge in [0.2, 0.25) is 0 Å². The number of guanidine groups is 1. The number of nitrogens with one attached hydrogen (secondary N) is 2. The fraction of sp³-hybridized carbons (Fsp3) is 0.941. The molecule has 0 aromatic carbocycles. The van der Waals surface area contributed by atoms with E-state index in [2.05, 4.69) is 41.1 Å². The molecule has 2 unspecified atom stereocenters. The average molecular weight is 327 g/mol. The molecule has 2 N–H and O–H groups in total. The Kier molecular flexibility index (Phi) is 8.45. The van der Waals surface area contributed by atoms with Gasteiger partial charge in [-0.2, -0.15) is 11.8 Å². The van der Waals surface area contributed by atoms with Gasteiger partial charge in [0.15, 0.2) is 5.96 Å². The minimum atomic E-state index is 0.740. The average Bonchev–Trinajstić information content (AvgIpc) is 3.04. The lowest BCUT2D eigenvalue weighted by atomic mass is 10.0. The minimum Gasteiger partial charge on any atom is -0.357 e. The van der Waals surface area contributed by atoms with E-state index in [0.29, 0.717) is 0 Å². The van der Waals surface area contributed by atoms with Gasteiger partial charge < -0.3 is 15.5 Å². The molecule has 22 heavy (non-hydrogen) atoms. The van der Waals surface area contributed by atoms with Crippen LogP contribution in [-0.2, 0) is 0 Å². The molecule has 0 radical (unpaired) electrons. The Morgan fingerprint density at radius 1 is 1.23 bits per heavy atom. The first-order chi connectivity index (χ1) is 10.8. The van der Waals surface area contributed by atoms with E-state index in [-0.39, 0.29) is 0 Å². The van der Waals surface area contributed by atoms with Crippen LogP contribution in [0, 0.1) is 0 Å². The molecular weight excluding hydrogens is 292 g/mol. The highest BCUT2D eigenvalue weighted by molar-refractivity contribution is 8.00. The summed E-state index contributed by atoms with van der Waals surface area (Å²) in [5, 5.41) is 7.61. The zero-order valence-electron chi connectivity index (χ0n) is 14.4. The Balaban J connectivity index is 1.63. The first-order valence-corrected chi connectivity index (χ1v) is 10.2. The smallest absolute Gasteiger partial charge is 0.191 e. The molecule has 0 bridgehead atoms. The predicted molar refractivity (Wildman–Crippen MR) is 99.0 cm³/mol. The van der Waals surface area contributed by atoms with Crippen LogP contribution in [-0.4, -0.2) is 60.6 Å². The maximum atomic E-state index is 4.75. The lowest BCUT2D eigenvalue weighted by Crippen LogP contribution is -2.41. The maximum Gasteiger partial charge on any atom is 0.191 e. The van der Waals surface area contributed by atoms with E-state index >= 15 is 0 Å². The third-order valence-electron chi connectivity index (χ3n) is 4.68. The summed E-state index contributed by atoms with van der Waals surface area (Å²) >= 11 is 2.08. The van der Waals surface area contributed by atoms with Crippen molar-refractivity contribution in [2.24, 2.45) is 4.99 Å². The number of hydrogen-bond acceptors (Lipinski definition) is 3. The second kappa shape index (κ2) is 10.4. The largest absolute Gasteiger partial charge is 0.357 e. The number of rotatable bonds is 7. The molecule has 2 aliphatic rings. The van der Waals surface area contributed by atoms with Gasteiger partial charge in [-0.15, -0.1) is 0 Å². The molecule has 2 saturated heterocycles. The van der Waals surface area contributed by atoms with Crippen LogP contribution in [0.25, 0.3) is 0 Å². The molecule has 2 fully saturated rings. The fourth-order valence-corrected chi connectivity index (χ4v) is 4.48. The van der Waals surface area contributed by atoms with Crippen molar-refractivity contribution >= 4 is 17.7 Å². The summed E-state index contributed by atoms with van der Waals surface area (Å²) < 4.78 is 0. The van der Waals surface area contributed by atoms with Gasteiger partial charge in [0.05, 0.1) is 6.54 Å². The van der Waals surface area contributed by atoms with Gasteiger partial charge >= 0.3 is 0 Å². The number of thioether (sulfide) groups is 1. The van der Waals surface area contributed by atoms with E-state index in [0.717, 1.165) is 36.9 Å². The van der Waals surface area contributed by atoms with E-state index in [1.54, 1.807) is 0 Å². The van der Waals surface area contributed by atoms with Crippen LogP contribution in [0.4, 0.5) is 0 Å². The van der Waals surface area contributed by atoms with Crippen molar-refractivity contribution in [3.8, 4) is 0 Å². The fourth-order valence-electron chi connectivity index (χ4n) is 3.30. The molecule has 5 heteroatoms. The summed E-state index contributed by atoms with van der Waals surface area (Å²) in [6.45, 7) is 9.93. The Labute approximate surface area is 140 Å². The molecule has 0 aromatic rings. The van der Waals surface area contributed by atoms with E-state index in [4.69, 9.17) is 4.99 Å². The molecule has 128 valence electrons. The molecule has 0 amide bonds. The number of likely N-dealkylation sites (tertiary alicyclic amines) is 1. The summed E-state index contributed by atoms with van der Waals surface area (Å²) in [5.41, 5.74) is 0. The van der Waals surface area contributed by atoms with Crippen LogP contribution >= 0.6 is 11.8 Å². The van der Waals surface area contributed by atoms with Crippen LogP contribution in [0.1, 0.15) is 52.4 Å². The van der Waals surface area contributed by atoms with Crippen molar-refractivity contribution in [1.29, 1.82) is 0 Å². The van der Waals surface area contributed by atoms with Crippen molar-refractivity contribution in [3.05, 3.63) is 0 Å². The van der Waals surface area contributed by atoms with Crippen molar-refractivity contribution in [2.45, 2.75) is 63.7 Å². The summed E-state index contributed by atoms with van der Waals surface area (Å²) in [6.07, 6.45) is 8.06. The minimum absolute atomic E-state index is 0.740. The van der Waals surface area contributed by atoms with Crippen LogP contribution in [0.3, 0.4) is 0 Å². The summed E-state index contributed by atoms with van der Waals surface area (Å²) in [4.78, 5) is 7.40. The van der Waals surface area contributed by atoms with Gasteiger partial charge in [-0.25, -0.2) is 0 Å². The number of nitrogens with zero attached hydrogens (tertiary/aromatic N) is 2. The van der Waals surface area contributed by atoms with Gasteiger partial charge in [-0.1, -0.05) is 6.42 Å². The predicted octanol–water partition coefficient (Wildman–Crippen LogP) is 2.70. The highest BCUT2D eigenvalue weighted by Crippen LogP contribution is 2.25. The monoisotopic (exact) mass is 326 g/mol. The van der Waals surface area contributed by atoms with Crippen LogP contribution < -0.4 is 10.6 Å². The van der Waals surface area contributed by atoms with Gasteiger partial charge in [-0.3, -0.25) is 4.99 Å². The van der Waals surface area contributed by atoms with E-state index < -0.39 is 0 Å². The Bertz CT molecular complexity index is 329. The summed E-state index contributed by atoms with van der Waals surface area (Å²) in [6, 6.07) is 0.773. The zero-order chi connectivity index (χ0) is 15.6. The standard InChI is InChI=1S/C17H34N4S/c1-3-18-17(20-14-16-9-6-13-22-16)19-10-7-12-21-11-5-4-8-15(21)2/h15-16H,3-14H2,1-2H3,(H2,18,19,20). The van der Waals surface area contributed by atoms with Crippen molar-refractivity contribution in [2.75, 3.05) is 38.5 Å². The maximum absolute atomic E-state index is 4.75. The molecule has 0 saturated carbocycles. The van der Waals surface area contributed by atoms with Crippen molar-refractivity contribution < 1.29 is 0 Å². The van der Waals surface area contributed by atoms with Gasteiger partial charge in [0.25, 0.3) is 0 Å². The second-order valence-electron chi connectivity index (χ2n) is 6.52. The number of piperidine rings is 1. The highest BCUT2D eigenvalue weighted by atomic mass is 32.2. The third-order valence-corrected chi connectivity index (χ3v) is 6.06. The molecule has 2 atom stereocenters. The molecule has 0 spiro atoms. The Morgan fingerprint density at radius 3 is 2.86 bits per heavy atom. The Morgan fingerprint density at radius 2 is 2.14 bits per heavy atom. The highest BCUT2D eigenvalue weighted by Gasteiger charge is 2.17. The summed E-state index contributed by atoms with van der Waals surface area (Å²) in [7, 11) is 0. The van der Waals surface area contributed by atoms with E-state index in [1.165, 1.54) is 57.4 Å². The van der Waals surface area contributed by atoms with Gasteiger partial charge in [0.1, 0.15) is 0 Å². The molecule has 0 aliphatic carbocycles. The van der Waals surface area contributed by atoms with Gasteiger partial charge in [0, 0.05) is 30.9 Å². The number of hydrogen-bond donors (Lipinski definition) is 2. The first-order valence-electron chi connectivity index (χ1n) is 9.17. The molecule has 4 nitrogen and oxygen atoms in total. The second-order valence-corrected chi connectivity index (χ2v) is 7.92.